The van der Waals surface area contributed by atoms with E-state index in [2.05, 4.69) is 4.72 Å². The van der Waals surface area contributed by atoms with Crippen LogP contribution < -0.4 is 14.5 Å². The third-order valence-corrected chi connectivity index (χ3v) is 6.26. The number of benzene rings is 2. The lowest BCUT2D eigenvalue weighted by Crippen LogP contribution is -2.33. The number of likely N-dealkylation sites (N-methyl/N-ethyl adjacent to an activating group) is 1. The molecule has 2 aromatic carbocycles. The summed E-state index contributed by atoms with van der Waals surface area (Å²) in [4.78, 5) is 15.9. The Hall–Kier alpha value is -2.38. The van der Waals surface area contributed by atoms with Gasteiger partial charge in [-0.3, -0.25) is 4.79 Å². The molecule has 0 unspecified atom stereocenters. The molecule has 0 bridgehead atoms. The van der Waals surface area contributed by atoms with Crippen LogP contribution in [0.25, 0.3) is 0 Å². The van der Waals surface area contributed by atoms with E-state index >= 15 is 0 Å². The number of hydrogen-bond donors (Lipinski definition) is 1. The van der Waals surface area contributed by atoms with Crippen molar-refractivity contribution in [3.8, 4) is 0 Å². The molecule has 7 heteroatoms. The predicted octanol–water partition coefficient (Wildman–Crippen LogP) is 2.40. The van der Waals surface area contributed by atoms with Gasteiger partial charge in [-0.15, -0.1) is 0 Å². The number of rotatable bonds is 7. The molecule has 0 fully saturated rings. The highest BCUT2D eigenvalue weighted by atomic mass is 32.2. The van der Waals surface area contributed by atoms with Crippen LogP contribution in [0.3, 0.4) is 0 Å². The van der Waals surface area contributed by atoms with Crippen LogP contribution >= 0.6 is 0 Å². The maximum atomic E-state index is 12.6. The largest absolute Gasteiger partial charge is 0.373 e. The predicted molar refractivity (Wildman–Crippen MR) is 108 cm³/mol. The van der Waals surface area contributed by atoms with Gasteiger partial charge in [0.15, 0.2) is 0 Å². The summed E-state index contributed by atoms with van der Waals surface area (Å²) in [6.45, 7) is 3.31. The molecule has 0 saturated heterocycles. The quantitative estimate of drug-likeness (QED) is 0.792. The molecule has 1 aliphatic rings. The number of fused-ring (bicyclic) bond motifs is 1. The molecule has 27 heavy (non-hydrogen) atoms. The fraction of sp³-hybridized carbons (Fsp3) is 0.350. The van der Waals surface area contributed by atoms with Crippen LogP contribution in [-0.4, -0.2) is 41.0 Å². The molecule has 0 aromatic heterocycles. The Kier molecular flexibility index (Phi) is 5.82. The van der Waals surface area contributed by atoms with Gasteiger partial charge in [0.2, 0.25) is 15.9 Å². The minimum Gasteiger partial charge on any atom is -0.373 e. The number of carbonyl (C=O) groups excluding carboxylic acids is 1. The van der Waals surface area contributed by atoms with Crippen LogP contribution in [0.4, 0.5) is 11.4 Å². The lowest BCUT2D eigenvalue weighted by molar-refractivity contribution is -0.118. The van der Waals surface area contributed by atoms with Crippen LogP contribution in [0.15, 0.2) is 53.4 Å². The zero-order valence-electron chi connectivity index (χ0n) is 15.7. The Morgan fingerprint density at radius 1 is 1.19 bits per heavy atom. The van der Waals surface area contributed by atoms with E-state index in [1.807, 2.05) is 49.2 Å². The first-order valence-corrected chi connectivity index (χ1v) is 10.6. The summed E-state index contributed by atoms with van der Waals surface area (Å²) in [5, 5.41) is 0. The standard InChI is InChI=1S/C20H25N3O3S/c1-3-20(24)23-13-11-16-15-18(9-10-19(16)23)27(25,26)21-12-14-22(2)17-7-5-4-6-8-17/h4-10,15,21H,3,11-14H2,1-2H3. The Balaban J connectivity index is 1.65. The first-order chi connectivity index (χ1) is 12.9. The second-order valence-electron chi connectivity index (χ2n) is 6.59. The molecule has 0 aliphatic carbocycles. The minimum absolute atomic E-state index is 0.0615. The van der Waals surface area contributed by atoms with Gasteiger partial charge >= 0.3 is 0 Å². The molecule has 3 rings (SSSR count). The highest BCUT2D eigenvalue weighted by Crippen LogP contribution is 2.30. The molecule has 2 aromatic rings. The van der Waals surface area contributed by atoms with E-state index < -0.39 is 10.0 Å². The molecule has 1 amide bonds. The molecule has 1 aliphatic heterocycles. The normalized spacial score (nSPS) is 13.5. The fourth-order valence-electron chi connectivity index (χ4n) is 3.24. The third-order valence-electron chi connectivity index (χ3n) is 4.80. The second kappa shape index (κ2) is 8.10. The molecule has 0 saturated carbocycles. The second-order valence-corrected chi connectivity index (χ2v) is 8.36. The van der Waals surface area contributed by atoms with Crippen molar-refractivity contribution in [3.63, 3.8) is 0 Å². The number of nitrogens with zero attached hydrogens (tertiary/aromatic N) is 2. The maximum Gasteiger partial charge on any atom is 0.240 e. The highest BCUT2D eigenvalue weighted by Gasteiger charge is 2.25. The Labute approximate surface area is 160 Å². The first kappa shape index (κ1) is 19.4. The number of hydrogen-bond acceptors (Lipinski definition) is 4. The van der Waals surface area contributed by atoms with Gasteiger partial charge in [0.1, 0.15) is 0 Å². The molecule has 1 heterocycles. The summed E-state index contributed by atoms with van der Waals surface area (Å²) in [7, 11) is -1.65. The molecule has 0 radical (unpaired) electrons. The molecule has 0 atom stereocenters. The topological polar surface area (TPSA) is 69.7 Å². The van der Waals surface area contributed by atoms with E-state index in [1.54, 1.807) is 23.1 Å². The van der Waals surface area contributed by atoms with Crippen molar-refractivity contribution in [1.29, 1.82) is 0 Å². The molecule has 144 valence electrons. The zero-order valence-corrected chi connectivity index (χ0v) is 16.5. The molecule has 0 spiro atoms. The van der Waals surface area contributed by atoms with Crippen LogP contribution in [0, 0.1) is 0 Å². The average Bonchev–Trinajstić information content (AvgIpc) is 3.11. The number of para-hydroxylation sites is 1. The van der Waals surface area contributed by atoms with Gasteiger partial charge in [0.25, 0.3) is 0 Å². The number of carbonyl (C=O) groups is 1. The summed E-state index contributed by atoms with van der Waals surface area (Å²) in [5.74, 6) is 0.0615. The van der Waals surface area contributed by atoms with E-state index in [-0.39, 0.29) is 10.8 Å². The van der Waals surface area contributed by atoms with E-state index in [1.165, 1.54) is 0 Å². The van der Waals surface area contributed by atoms with Crippen molar-refractivity contribution in [3.05, 3.63) is 54.1 Å². The molecular weight excluding hydrogens is 362 g/mol. The van der Waals surface area contributed by atoms with Crippen molar-refractivity contribution < 1.29 is 13.2 Å². The highest BCUT2D eigenvalue weighted by molar-refractivity contribution is 7.89. The van der Waals surface area contributed by atoms with Crippen molar-refractivity contribution in [2.45, 2.75) is 24.7 Å². The smallest absolute Gasteiger partial charge is 0.240 e. The van der Waals surface area contributed by atoms with Crippen LogP contribution in [0.2, 0.25) is 0 Å². The van der Waals surface area contributed by atoms with Crippen molar-refractivity contribution >= 4 is 27.3 Å². The van der Waals surface area contributed by atoms with E-state index in [4.69, 9.17) is 0 Å². The van der Waals surface area contributed by atoms with E-state index in [0.29, 0.717) is 32.5 Å². The van der Waals surface area contributed by atoms with Gasteiger partial charge in [-0.05, 0) is 42.3 Å². The van der Waals surface area contributed by atoms with Gasteiger partial charge in [-0.1, -0.05) is 25.1 Å². The summed E-state index contributed by atoms with van der Waals surface area (Å²) in [6, 6.07) is 14.8. The Bertz CT molecular complexity index is 913. The van der Waals surface area contributed by atoms with Crippen molar-refractivity contribution in [1.82, 2.24) is 4.72 Å². The number of sulfonamides is 1. The monoisotopic (exact) mass is 387 g/mol. The van der Waals surface area contributed by atoms with E-state index in [0.717, 1.165) is 16.9 Å². The number of amides is 1. The lowest BCUT2D eigenvalue weighted by Gasteiger charge is -2.19. The van der Waals surface area contributed by atoms with Gasteiger partial charge in [0, 0.05) is 44.5 Å². The van der Waals surface area contributed by atoms with Crippen LogP contribution in [0.1, 0.15) is 18.9 Å². The van der Waals surface area contributed by atoms with Gasteiger partial charge < -0.3 is 9.80 Å². The Morgan fingerprint density at radius 2 is 1.93 bits per heavy atom. The Morgan fingerprint density at radius 3 is 2.63 bits per heavy atom. The maximum absolute atomic E-state index is 12.6. The van der Waals surface area contributed by atoms with Crippen LogP contribution in [-0.2, 0) is 21.2 Å². The molecule has 6 nitrogen and oxygen atoms in total. The van der Waals surface area contributed by atoms with Crippen LogP contribution in [0.5, 0.6) is 0 Å². The summed E-state index contributed by atoms with van der Waals surface area (Å²) in [5.41, 5.74) is 2.76. The minimum atomic E-state index is -3.58. The van der Waals surface area contributed by atoms with Crippen molar-refractivity contribution in [2.24, 2.45) is 0 Å². The van der Waals surface area contributed by atoms with Gasteiger partial charge in [-0.2, -0.15) is 0 Å². The fourth-order valence-corrected chi connectivity index (χ4v) is 4.31. The summed E-state index contributed by atoms with van der Waals surface area (Å²) in [6.07, 6.45) is 1.12. The summed E-state index contributed by atoms with van der Waals surface area (Å²) >= 11 is 0. The lowest BCUT2D eigenvalue weighted by atomic mass is 10.2. The zero-order chi connectivity index (χ0) is 19.4. The average molecular weight is 388 g/mol. The molecule has 1 N–H and O–H groups in total. The first-order valence-electron chi connectivity index (χ1n) is 9.11. The number of anilines is 2. The molecular formula is C20H25N3O3S. The van der Waals surface area contributed by atoms with E-state index in [9.17, 15) is 13.2 Å². The third kappa shape index (κ3) is 4.31. The van der Waals surface area contributed by atoms with Gasteiger partial charge in [-0.25, -0.2) is 13.1 Å². The number of nitrogens with one attached hydrogen (secondary N) is 1. The SMILES string of the molecule is CCC(=O)N1CCc2cc(S(=O)(=O)NCCN(C)c3ccccc3)ccc21. The van der Waals surface area contributed by atoms with Gasteiger partial charge in [0.05, 0.1) is 4.90 Å². The van der Waals surface area contributed by atoms with Crippen molar-refractivity contribution in [2.75, 3.05) is 36.5 Å². The summed E-state index contributed by atoms with van der Waals surface area (Å²) < 4.78 is 27.9.